The molecule has 4 heteroatoms. The molecule has 1 fully saturated rings. The lowest BCUT2D eigenvalue weighted by Gasteiger charge is -2.62. The molecule has 0 spiro atoms. The van der Waals surface area contributed by atoms with Gasteiger partial charge in [-0.25, -0.2) is 4.79 Å². The SMILES string of the molecule is CCCCCc1cc2c(c(O)c1C(=O)O)[C@@H]1[C@@H](C(CC)C1(C)C)[C@H](C)O2. The Morgan fingerprint density at radius 1 is 1.27 bits per heavy atom. The first-order valence-corrected chi connectivity index (χ1v) is 10.0. The summed E-state index contributed by atoms with van der Waals surface area (Å²) in [5, 5.41) is 20.7. The van der Waals surface area contributed by atoms with Crippen LogP contribution in [0, 0.1) is 17.3 Å². The van der Waals surface area contributed by atoms with Gasteiger partial charge in [-0.3, -0.25) is 0 Å². The summed E-state index contributed by atoms with van der Waals surface area (Å²) in [5.74, 6) is 0.583. The van der Waals surface area contributed by atoms with Crippen molar-refractivity contribution in [2.75, 3.05) is 0 Å². The highest BCUT2D eigenvalue weighted by Gasteiger charge is 2.61. The number of carboxylic acid groups (broad SMARTS) is 1. The van der Waals surface area contributed by atoms with Gasteiger partial charge in [0, 0.05) is 17.4 Å². The topological polar surface area (TPSA) is 66.8 Å². The van der Waals surface area contributed by atoms with Crippen LogP contribution < -0.4 is 4.74 Å². The Kier molecular flexibility index (Phi) is 4.98. The Morgan fingerprint density at radius 2 is 1.96 bits per heavy atom. The molecule has 0 aromatic heterocycles. The highest BCUT2D eigenvalue weighted by Crippen LogP contribution is 2.68. The second-order valence-corrected chi connectivity index (χ2v) is 8.65. The van der Waals surface area contributed by atoms with Gasteiger partial charge in [0.2, 0.25) is 0 Å². The predicted molar refractivity (Wildman–Crippen MR) is 102 cm³/mol. The van der Waals surface area contributed by atoms with Gasteiger partial charge in [0.25, 0.3) is 0 Å². The van der Waals surface area contributed by atoms with Crippen molar-refractivity contribution in [3.05, 3.63) is 22.8 Å². The van der Waals surface area contributed by atoms with Crippen molar-refractivity contribution in [3.8, 4) is 11.5 Å². The van der Waals surface area contributed by atoms with Crippen molar-refractivity contribution in [3.63, 3.8) is 0 Å². The van der Waals surface area contributed by atoms with Gasteiger partial charge < -0.3 is 14.9 Å². The van der Waals surface area contributed by atoms with Crippen LogP contribution >= 0.6 is 0 Å². The molecule has 3 rings (SSSR count). The molecule has 1 unspecified atom stereocenters. The summed E-state index contributed by atoms with van der Waals surface area (Å²) in [6, 6.07) is 1.89. The number of hydrogen-bond acceptors (Lipinski definition) is 3. The zero-order chi connectivity index (χ0) is 19.2. The van der Waals surface area contributed by atoms with Crippen LogP contribution in [0.3, 0.4) is 0 Å². The first-order valence-electron chi connectivity index (χ1n) is 10.0. The van der Waals surface area contributed by atoms with Gasteiger partial charge in [-0.05, 0) is 42.7 Å². The fraction of sp³-hybridized carbons (Fsp3) is 0.682. The molecule has 1 heterocycles. The second kappa shape index (κ2) is 6.79. The molecule has 1 aromatic rings. The monoisotopic (exact) mass is 360 g/mol. The van der Waals surface area contributed by atoms with Crippen LogP contribution in [0.2, 0.25) is 0 Å². The van der Waals surface area contributed by atoms with Gasteiger partial charge in [0.15, 0.2) is 0 Å². The molecule has 4 nitrogen and oxygen atoms in total. The summed E-state index contributed by atoms with van der Waals surface area (Å²) in [6.45, 7) is 10.9. The molecule has 4 atom stereocenters. The van der Waals surface area contributed by atoms with Gasteiger partial charge in [-0.2, -0.15) is 0 Å². The number of aromatic carboxylic acids is 1. The number of carboxylic acids is 1. The maximum absolute atomic E-state index is 11.9. The highest BCUT2D eigenvalue weighted by atomic mass is 16.5. The highest BCUT2D eigenvalue weighted by molar-refractivity contribution is 5.94. The van der Waals surface area contributed by atoms with E-state index < -0.39 is 5.97 Å². The minimum atomic E-state index is -1.05. The van der Waals surface area contributed by atoms with Crippen LogP contribution in [0.1, 0.15) is 87.7 Å². The van der Waals surface area contributed by atoms with Crippen LogP contribution in [-0.2, 0) is 6.42 Å². The van der Waals surface area contributed by atoms with Gasteiger partial charge >= 0.3 is 5.97 Å². The van der Waals surface area contributed by atoms with Gasteiger partial charge in [-0.1, -0.05) is 47.0 Å². The van der Waals surface area contributed by atoms with Crippen LogP contribution in [0.5, 0.6) is 11.5 Å². The average molecular weight is 360 g/mol. The molecule has 1 saturated carbocycles. The Bertz CT molecular complexity index is 707. The fourth-order valence-electron chi connectivity index (χ4n) is 5.69. The predicted octanol–water partition coefficient (Wildman–Crippen LogP) is 5.37. The first kappa shape index (κ1) is 19.1. The average Bonchev–Trinajstić information content (AvgIpc) is 2.55. The summed E-state index contributed by atoms with van der Waals surface area (Å²) in [4.78, 5) is 11.9. The number of hydrogen-bond donors (Lipinski definition) is 2. The van der Waals surface area contributed by atoms with Crippen LogP contribution in [-0.4, -0.2) is 22.3 Å². The van der Waals surface area contributed by atoms with Crippen molar-refractivity contribution < 1.29 is 19.7 Å². The maximum Gasteiger partial charge on any atom is 0.339 e. The van der Waals surface area contributed by atoms with E-state index in [9.17, 15) is 15.0 Å². The summed E-state index contributed by atoms with van der Waals surface area (Å²) < 4.78 is 6.20. The molecule has 0 amide bonds. The van der Waals surface area contributed by atoms with E-state index in [1.807, 2.05) is 6.07 Å². The Labute approximate surface area is 156 Å². The molecule has 144 valence electrons. The molecule has 1 aliphatic carbocycles. The third kappa shape index (κ3) is 2.69. The number of carbonyl (C=O) groups is 1. The van der Waals surface area contributed by atoms with E-state index in [0.29, 0.717) is 29.6 Å². The zero-order valence-electron chi connectivity index (χ0n) is 16.6. The van der Waals surface area contributed by atoms with E-state index in [4.69, 9.17) is 4.74 Å². The number of aryl methyl sites for hydroxylation is 1. The summed E-state index contributed by atoms with van der Waals surface area (Å²) >= 11 is 0. The van der Waals surface area contributed by atoms with Gasteiger partial charge in [0.05, 0.1) is 6.10 Å². The number of phenols is 1. The molecule has 1 aromatic carbocycles. The number of fused-ring (bicyclic) bond motifs is 3. The van der Waals surface area contributed by atoms with E-state index in [1.54, 1.807) is 0 Å². The lowest BCUT2D eigenvalue weighted by Crippen LogP contribution is -2.58. The molecule has 2 aliphatic rings. The molecule has 2 N–H and O–H groups in total. The largest absolute Gasteiger partial charge is 0.507 e. The normalized spacial score (nSPS) is 28.5. The number of rotatable bonds is 6. The van der Waals surface area contributed by atoms with Crippen molar-refractivity contribution in [2.24, 2.45) is 17.3 Å². The number of unbranched alkanes of at least 4 members (excludes halogenated alkanes) is 2. The van der Waals surface area contributed by atoms with E-state index in [0.717, 1.165) is 31.2 Å². The standard InChI is InChI=1S/C22H32O4/c1-6-8-9-10-13-11-15-18(20(23)17(13)21(24)25)19-16(12(3)26-15)14(7-2)22(19,4)5/h11-12,14,16,19,23H,6-10H2,1-5H3,(H,24,25)/t12-,14?,16+,19-/m0/s1. The van der Waals surface area contributed by atoms with E-state index in [2.05, 4.69) is 34.6 Å². The summed E-state index contributed by atoms with van der Waals surface area (Å²) in [7, 11) is 0. The molecule has 0 saturated heterocycles. The third-order valence-electron chi connectivity index (χ3n) is 6.86. The smallest absolute Gasteiger partial charge is 0.339 e. The van der Waals surface area contributed by atoms with E-state index >= 15 is 0 Å². The fourth-order valence-corrected chi connectivity index (χ4v) is 5.69. The maximum atomic E-state index is 11.9. The number of benzene rings is 1. The number of ether oxygens (including phenoxy) is 1. The molecule has 0 radical (unpaired) electrons. The first-order chi connectivity index (χ1) is 12.3. The van der Waals surface area contributed by atoms with Crippen LogP contribution in [0.15, 0.2) is 6.07 Å². The lowest BCUT2D eigenvalue weighted by molar-refractivity contribution is -0.115. The second-order valence-electron chi connectivity index (χ2n) is 8.65. The van der Waals surface area contributed by atoms with Crippen molar-refractivity contribution in [1.29, 1.82) is 0 Å². The quantitative estimate of drug-likeness (QED) is 0.669. The Balaban J connectivity index is 2.10. The third-order valence-corrected chi connectivity index (χ3v) is 6.86. The molecular weight excluding hydrogens is 328 g/mol. The molecular formula is C22H32O4. The molecule has 0 bridgehead atoms. The summed E-state index contributed by atoms with van der Waals surface area (Å²) in [6.07, 6.45) is 4.85. The lowest BCUT2D eigenvalue weighted by atomic mass is 9.44. The van der Waals surface area contributed by atoms with Gasteiger partial charge in [-0.15, -0.1) is 0 Å². The molecule has 1 aliphatic heterocycles. The van der Waals surface area contributed by atoms with E-state index in [-0.39, 0.29) is 28.7 Å². The Morgan fingerprint density at radius 3 is 2.54 bits per heavy atom. The number of aromatic hydroxyl groups is 1. The zero-order valence-corrected chi connectivity index (χ0v) is 16.6. The van der Waals surface area contributed by atoms with Crippen LogP contribution in [0.4, 0.5) is 0 Å². The summed E-state index contributed by atoms with van der Waals surface area (Å²) in [5.41, 5.74) is 1.52. The van der Waals surface area contributed by atoms with Crippen molar-refractivity contribution in [1.82, 2.24) is 0 Å². The Hall–Kier alpha value is -1.71. The van der Waals surface area contributed by atoms with Gasteiger partial charge in [0.1, 0.15) is 17.1 Å². The van der Waals surface area contributed by atoms with Crippen molar-refractivity contribution in [2.45, 2.75) is 78.7 Å². The minimum absolute atomic E-state index is 0.0309. The minimum Gasteiger partial charge on any atom is -0.507 e. The van der Waals surface area contributed by atoms with Crippen LogP contribution in [0.25, 0.3) is 0 Å². The van der Waals surface area contributed by atoms with E-state index in [1.165, 1.54) is 0 Å². The molecule has 26 heavy (non-hydrogen) atoms. The van der Waals surface area contributed by atoms with Crippen molar-refractivity contribution >= 4 is 5.97 Å².